The Balaban J connectivity index is 2.26. The minimum Gasteiger partial charge on any atom is -0.461 e. The van der Waals surface area contributed by atoms with E-state index in [9.17, 15) is 4.79 Å². The van der Waals surface area contributed by atoms with Gasteiger partial charge in [-0.05, 0) is 25.1 Å². The number of nitrogens with two attached hydrogens (primary N) is 1. The van der Waals surface area contributed by atoms with Gasteiger partial charge in [0.2, 0.25) is 5.95 Å². The molecule has 0 atom stereocenters. The van der Waals surface area contributed by atoms with Gasteiger partial charge in [-0.25, -0.2) is 14.5 Å². The minimum atomic E-state index is -0.476. The van der Waals surface area contributed by atoms with Crippen molar-refractivity contribution in [3.8, 4) is 5.82 Å². The van der Waals surface area contributed by atoms with Gasteiger partial charge in [0, 0.05) is 22.1 Å². The normalized spacial score (nSPS) is 10.8. The monoisotopic (exact) mass is 361 g/mol. The van der Waals surface area contributed by atoms with E-state index in [1.165, 1.54) is 6.20 Å². The Labute approximate surface area is 134 Å². The molecule has 0 fully saturated rings. The third-order valence-electron chi connectivity index (χ3n) is 2.99. The Hall–Kier alpha value is -2.48. The first kappa shape index (κ1) is 14.5. The van der Waals surface area contributed by atoms with Gasteiger partial charge in [0.15, 0.2) is 11.5 Å². The van der Waals surface area contributed by atoms with Gasteiger partial charge in [0.05, 0.1) is 12.1 Å². The predicted octanol–water partition coefficient (Wildman–Crippen LogP) is 2.34. The van der Waals surface area contributed by atoms with Gasteiger partial charge in [-0.3, -0.25) is 0 Å². The second kappa shape index (κ2) is 5.72. The highest BCUT2D eigenvalue weighted by atomic mass is 79.9. The van der Waals surface area contributed by atoms with E-state index < -0.39 is 5.97 Å². The Morgan fingerprint density at radius 2 is 2.23 bits per heavy atom. The summed E-state index contributed by atoms with van der Waals surface area (Å²) < 4.78 is 7.46. The van der Waals surface area contributed by atoms with Crippen LogP contribution in [-0.2, 0) is 4.74 Å². The van der Waals surface area contributed by atoms with E-state index in [4.69, 9.17) is 10.5 Å². The third-order valence-corrected chi connectivity index (χ3v) is 3.48. The van der Waals surface area contributed by atoms with Crippen LogP contribution in [0, 0.1) is 0 Å². The number of nitrogens with zero attached hydrogens (tertiary/aromatic N) is 4. The zero-order valence-corrected chi connectivity index (χ0v) is 13.2. The average molecular weight is 362 g/mol. The summed E-state index contributed by atoms with van der Waals surface area (Å²) in [5.41, 5.74) is 6.58. The van der Waals surface area contributed by atoms with Crippen LogP contribution < -0.4 is 5.73 Å². The van der Waals surface area contributed by atoms with E-state index in [2.05, 4.69) is 31.0 Å². The highest BCUT2D eigenvalue weighted by Crippen LogP contribution is 2.25. The molecule has 3 rings (SSSR count). The van der Waals surface area contributed by atoms with Gasteiger partial charge in [-0.2, -0.15) is 10.1 Å². The molecule has 0 aliphatic heterocycles. The number of benzene rings is 1. The lowest BCUT2D eigenvalue weighted by molar-refractivity contribution is 0.0521. The van der Waals surface area contributed by atoms with Gasteiger partial charge >= 0.3 is 5.97 Å². The molecule has 0 amide bonds. The number of anilines is 1. The molecule has 0 aliphatic carbocycles. The molecule has 2 N–H and O–H groups in total. The fourth-order valence-corrected chi connectivity index (χ4v) is 2.44. The Kier molecular flexibility index (Phi) is 3.76. The fourth-order valence-electron chi connectivity index (χ4n) is 2.09. The number of fused-ring (bicyclic) bond motifs is 1. The van der Waals surface area contributed by atoms with Crippen LogP contribution in [0.1, 0.15) is 17.4 Å². The van der Waals surface area contributed by atoms with Crippen LogP contribution in [0.3, 0.4) is 0 Å². The SMILES string of the molecule is CCOC(=O)c1nn(-c2ccnc(N)n2)c2cc(Br)ccc12. The topological polar surface area (TPSA) is 95.9 Å². The van der Waals surface area contributed by atoms with Gasteiger partial charge < -0.3 is 10.5 Å². The lowest BCUT2D eigenvalue weighted by Crippen LogP contribution is -2.08. The van der Waals surface area contributed by atoms with Crippen molar-refractivity contribution in [2.75, 3.05) is 12.3 Å². The summed E-state index contributed by atoms with van der Waals surface area (Å²) in [4.78, 5) is 20.1. The first-order chi connectivity index (χ1) is 10.6. The van der Waals surface area contributed by atoms with Crippen molar-refractivity contribution in [2.24, 2.45) is 0 Å². The van der Waals surface area contributed by atoms with E-state index in [-0.39, 0.29) is 18.2 Å². The lowest BCUT2D eigenvalue weighted by atomic mass is 10.2. The number of nitrogen functional groups attached to an aromatic ring is 1. The summed E-state index contributed by atoms with van der Waals surface area (Å²) in [6.07, 6.45) is 1.53. The molecular weight excluding hydrogens is 350 g/mol. The standard InChI is InChI=1S/C14H12BrN5O2/c1-2-22-13(21)12-9-4-3-8(15)7-10(9)20(19-12)11-5-6-17-14(16)18-11/h3-7H,2H2,1H3,(H2,16,17,18). The van der Waals surface area contributed by atoms with E-state index in [1.54, 1.807) is 23.7 Å². The van der Waals surface area contributed by atoms with Crippen molar-refractivity contribution in [1.82, 2.24) is 19.7 Å². The fraction of sp³-hybridized carbons (Fsp3) is 0.143. The molecule has 8 heteroatoms. The van der Waals surface area contributed by atoms with Crippen LogP contribution in [0.4, 0.5) is 5.95 Å². The van der Waals surface area contributed by atoms with Crippen molar-refractivity contribution in [3.63, 3.8) is 0 Å². The summed E-state index contributed by atoms with van der Waals surface area (Å²) in [6.45, 7) is 2.03. The summed E-state index contributed by atoms with van der Waals surface area (Å²) in [5.74, 6) is 0.135. The zero-order valence-electron chi connectivity index (χ0n) is 11.7. The van der Waals surface area contributed by atoms with Crippen LogP contribution >= 0.6 is 15.9 Å². The molecule has 0 unspecified atom stereocenters. The number of ether oxygens (including phenoxy) is 1. The third kappa shape index (κ3) is 2.52. The van der Waals surface area contributed by atoms with Crippen LogP contribution in [0.25, 0.3) is 16.7 Å². The molecule has 0 saturated heterocycles. The summed E-state index contributed by atoms with van der Waals surface area (Å²) in [7, 11) is 0. The molecular formula is C14H12BrN5O2. The maximum Gasteiger partial charge on any atom is 0.359 e. The molecule has 112 valence electrons. The largest absolute Gasteiger partial charge is 0.461 e. The molecule has 22 heavy (non-hydrogen) atoms. The Morgan fingerprint density at radius 1 is 1.41 bits per heavy atom. The van der Waals surface area contributed by atoms with Crippen LogP contribution in [0.2, 0.25) is 0 Å². The number of carbonyl (C=O) groups is 1. The molecule has 0 radical (unpaired) electrons. The number of carbonyl (C=O) groups excluding carboxylic acids is 1. The molecule has 1 aromatic carbocycles. The Bertz CT molecular complexity index is 862. The number of halogens is 1. The van der Waals surface area contributed by atoms with Crippen LogP contribution in [0.15, 0.2) is 34.9 Å². The highest BCUT2D eigenvalue weighted by Gasteiger charge is 2.19. The summed E-state index contributed by atoms with van der Waals surface area (Å²) in [6, 6.07) is 7.16. The van der Waals surface area contributed by atoms with Crippen molar-refractivity contribution < 1.29 is 9.53 Å². The summed E-state index contributed by atoms with van der Waals surface area (Å²) >= 11 is 3.42. The zero-order chi connectivity index (χ0) is 15.7. The smallest absolute Gasteiger partial charge is 0.359 e. The van der Waals surface area contributed by atoms with Gasteiger partial charge in [0.1, 0.15) is 0 Å². The van der Waals surface area contributed by atoms with Crippen molar-refractivity contribution >= 4 is 38.8 Å². The lowest BCUT2D eigenvalue weighted by Gasteiger charge is -2.02. The molecule has 2 heterocycles. The molecule has 0 aliphatic rings. The quantitative estimate of drug-likeness (QED) is 0.719. The highest BCUT2D eigenvalue weighted by molar-refractivity contribution is 9.10. The number of rotatable bonds is 3. The van der Waals surface area contributed by atoms with Crippen LogP contribution in [0.5, 0.6) is 0 Å². The average Bonchev–Trinajstić information content (AvgIpc) is 2.86. The van der Waals surface area contributed by atoms with E-state index in [0.29, 0.717) is 11.2 Å². The van der Waals surface area contributed by atoms with Crippen molar-refractivity contribution in [3.05, 3.63) is 40.6 Å². The molecule has 0 spiro atoms. The predicted molar refractivity (Wildman–Crippen MR) is 84.7 cm³/mol. The van der Waals surface area contributed by atoms with Gasteiger partial charge in [0.25, 0.3) is 0 Å². The molecule has 0 bridgehead atoms. The first-order valence-corrected chi connectivity index (χ1v) is 7.33. The van der Waals surface area contributed by atoms with E-state index in [0.717, 1.165) is 9.99 Å². The molecule has 2 aromatic heterocycles. The second-order valence-electron chi connectivity index (χ2n) is 4.42. The minimum absolute atomic E-state index is 0.133. The summed E-state index contributed by atoms with van der Waals surface area (Å²) in [5, 5.41) is 5.02. The van der Waals surface area contributed by atoms with Crippen LogP contribution in [-0.4, -0.2) is 32.3 Å². The number of aromatic nitrogens is 4. The van der Waals surface area contributed by atoms with Gasteiger partial charge in [-0.1, -0.05) is 15.9 Å². The molecule has 3 aromatic rings. The van der Waals surface area contributed by atoms with E-state index in [1.807, 2.05) is 12.1 Å². The first-order valence-electron chi connectivity index (χ1n) is 6.54. The number of esters is 1. The maximum absolute atomic E-state index is 12.1. The Morgan fingerprint density at radius 3 is 2.95 bits per heavy atom. The van der Waals surface area contributed by atoms with Crippen molar-refractivity contribution in [1.29, 1.82) is 0 Å². The van der Waals surface area contributed by atoms with Crippen molar-refractivity contribution in [2.45, 2.75) is 6.92 Å². The number of hydrogen-bond donors (Lipinski definition) is 1. The molecule has 0 saturated carbocycles. The molecule has 7 nitrogen and oxygen atoms in total. The van der Waals surface area contributed by atoms with E-state index >= 15 is 0 Å². The number of hydrogen-bond acceptors (Lipinski definition) is 6. The second-order valence-corrected chi connectivity index (χ2v) is 5.33. The maximum atomic E-state index is 12.1. The van der Waals surface area contributed by atoms with Gasteiger partial charge in [-0.15, -0.1) is 0 Å².